The Labute approximate surface area is 171 Å². The summed E-state index contributed by atoms with van der Waals surface area (Å²) in [5, 5.41) is 3.04. The number of amides is 1. The summed E-state index contributed by atoms with van der Waals surface area (Å²) in [4.78, 5) is 19.8. The summed E-state index contributed by atoms with van der Waals surface area (Å²) in [5.74, 6) is 0.680. The maximum atomic E-state index is 12.9. The van der Waals surface area contributed by atoms with E-state index in [1.54, 1.807) is 0 Å². The van der Waals surface area contributed by atoms with Gasteiger partial charge in [-0.05, 0) is 19.1 Å². The summed E-state index contributed by atoms with van der Waals surface area (Å²) in [6.45, 7) is 6.04. The largest absolute Gasteiger partial charge is 0.373 e. The van der Waals surface area contributed by atoms with Crippen LogP contribution < -0.4 is 10.2 Å². The number of likely N-dealkylation sites (N-methyl/N-ethyl adjacent to an activating group) is 1. The molecule has 1 amide bonds. The van der Waals surface area contributed by atoms with Gasteiger partial charge in [0, 0.05) is 37.4 Å². The molecule has 0 fully saturated rings. The van der Waals surface area contributed by atoms with Crippen LogP contribution in [0.5, 0.6) is 0 Å². The smallest absolute Gasteiger partial charge is 0.271 e. The van der Waals surface area contributed by atoms with Crippen LogP contribution in [0.15, 0.2) is 60.7 Å². The minimum absolute atomic E-state index is 0.148. The van der Waals surface area contributed by atoms with Gasteiger partial charge in [0.05, 0.1) is 18.9 Å². The SMILES string of the molecule is CCN(CCNC(=O)c1nc(-c2ccccc2)n2c1COCC2)c1ccccc1. The van der Waals surface area contributed by atoms with Gasteiger partial charge in [0.25, 0.3) is 5.91 Å². The van der Waals surface area contributed by atoms with Gasteiger partial charge in [-0.1, -0.05) is 48.5 Å². The number of hydrogen-bond acceptors (Lipinski definition) is 4. The van der Waals surface area contributed by atoms with Crippen LogP contribution in [0.3, 0.4) is 0 Å². The van der Waals surface area contributed by atoms with Crippen molar-refractivity contribution in [1.29, 1.82) is 0 Å². The highest BCUT2D eigenvalue weighted by Crippen LogP contribution is 2.25. The van der Waals surface area contributed by atoms with Crippen LogP contribution in [0.1, 0.15) is 23.1 Å². The monoisotopic (exact) mass is 390 g/mol. The molecule has 6 nitrogen and oxygen atoms in total. The van der Waals surface area contributed by atoms with Crippen LogP contribution in [-0.4, -0.2) is 41.7 Å². The van der Waals surface area contributed by atoms with Gasteiger partial charge >= 0.3 is 0 Å². The number of carbonyl (C=O) groups is 1. The van der Waals surface area contributed by atoms with E-state index in [0.717, 1.165) is 35.9 Å². The molecule has 1 aromatic heterocycles. The van der Waals surface area contributed by atoms with Crippen LogP contribution in [0, 0.1) is 0 Å². The zero-order valence-electron chi connectivity index (χ0n) is 16.7. The molecule has 0 saturated heterocycles. The highest BCUT2D eigenvalue weighted by molar-refractivity contribution is 5.94. The van der Waals surface area contributed by atoms with E-state index in [4.69, 9.17) is 9.72 Å². The fourth-order valence-corrected chi connectivity index (χ4v) is 3.68. The molecule has 6 heteroatoms. The predicted octanol–water partition coefficient (Wildman–Crippen LogP) is 3.34. The normalized spacial score (nSPS) is 13.0. The second kappa shape index (κ2) is 8.92. The van der Waals surface area contributed by atoms with E-state index in [1.807, 2.05) is 48.5 Å². The first-order chi connectivity index (χ1) is 14.3. The molecule has 4 rings (SSSR count). The van der Waals surface area contributed by atoms with E-state index in [9.17, 15) is 4.79 Å². The number of carbonyl (C=O) groups excluding carboxylic acids is 1. The van der Waals surface area contributed by atoms with E-state index < -0.39 is 0 Å². The molecule has 29 heavy (non-hydrogen) atoms. The first-order valence-electron chi connectivity index (χ1n) is 10.1. The van der Waals surface area contributed by atoms with Gasteiger partial charge in [-0.2, -0.15) is 0 Å². The molecule has 0 atom stereocenters. The Kier molecular flexibility index (Phi) is 5.91. The number of imidazole rings is 1. The summed E-state index contributed by atoms with van der Waals surface area (Å²) in [5.41, 5.74) is 3.48. The Morgan fingerprint density at radius 1 is 1.14 bits per heavy atom. The highest BCUT2D eigenvalue weighted by atomic mass is 16.5. The Bertz CT molecular complexity index is 954. The maximum Gasteiger partial charge on any atom is 0.271 e. The number of para-hydroxylation sites is 1. The van der Waals surface area contributed by atoms with E-state index in [0.29, 0.717) is 32.0 Å². The lowest BCUT2D eigenvalue weighted by Gasteiger charge is -2.23. The van der Waals surface area contributed by atoms with Gasteiger partial charge in [0.1, 0.15) is 5.82 Å². The van der Waals surface area contributed by atoms with Gasteiger partial charge in [0.2, 0.25) is 0 Å². The molecule has 150 valence electrons. The van der Waals surface area contributed by atoms with Crippen molar-refractivity contribution in [2.24, 2.45) is 0 Å². The summed E-state index contributed by atoms with van der Waals surface area (Å²) in [6.07, 6.45) is 0. The van der Waals surface area contributed by atoms with Crippen molar-refractivity contribution in [3.05, 3.63) is 72.1 Å². The third-order valence-corrected chi connectivity index (χ3v) is 5.19. The number of nitrogens with one attached hydrogen (secondary N) is 1. The molecule has 3 aromatic rings. The van der Waals surface area contributed by atoms with Crippen LogP contribution in [-0.2, 0) is 17.9 Å². The number of aromatic nitrogens is 2. The van der Waals surface area contributed by atoms with Crippen molar-refractivity contribution in [2.45, 2.75) is 20.1 Å². The Morgan fingerprint density at radius 3 is 2.59 bits per heavy atom. The van der Waals surface area contributed by atoms with E-state index >= 15 is 0 Å². The number of hydrogen-bond donors (Lipinski definition) is 1. The molecule has 1 N–H and O–H groups in total. The third kappa shape index (κ3) is 4.17. The van der Waals surface area contributed by atoms with Gasteiger partial charge in [0.15, 0.2) is 5.69 Å². The first kappa shape index (κ1) is 19.2. The van der Waals surface area contributed by atoms with E-state index in [1.165, 1.54) is 0 Å². The quantitative estimate of drug-likeness (QED) is 0.672. The molecule has 0 radical (unpaired) electrons. The lowest BCUT2D eigenvalue weighted by Crippen LogP contribution is -2.35. The molecule has 0 unspecified atom stereocenters. The zero-order chi connectivity index (χ0) is 20.1. The van der Waals surface area contributed by atoms with E-state index in [2.05, 4.69) is 33.8 Å². The standard InChI is InChI=1S/C23H26N4O2/c1-2-26(19-11-7-4-8-12-19)14-13-24-23(28)21-20-17-29-16-15-27(20)22(25-21)18-9-5-3-6-10-18/h3-12H,2,13-17H2,1H3,(H,24,28). The lowest BCUT2D eigenvalue weighted by molar-refractivity contribution is 0.0817. The summed E-state index contributed by atoms with van der Waals surface area (Å²) in [6, 6.07) is 20.2. The molecule has 0 spiro atoms. The molecular formula is C23H26N4O2. The van der Waals surface area contributed by atoms with Gasteiger partial charge in [-0.3, -0.25) is 4.79 Å². The summed E-state index contributed by atoms with van der Waals surface area (Å²) < 4.78 is 7.71. The Balaban J connectivity index is 1.48. The van der Waals surface area contributed by atoms with Crippen LogP contribution in [0.4, 0.5) is 5.69 Å². The first-order valence-corrected chi connectivity index (χ1v) is 10.1. The zero-order valence-corrected chi connectivity index (χ0v) is 16.7. The lowest BCUT2D eigenvalue weighted by atomic mass is 10.2. The van der Waals surface area contributed by atoms with Gasteiger partial charge in [-0.25, -0.2) is 4.98 Å². The molecule has 0 bridgehead atoms. The molecule has 1 aliphatic heterocycles. The Morgan fingerprint density at radius 2 is 1.86 bits per heavy atom. The predicted molar refractivity (Wildman–Crippen MR) is 114 cm³/mol. The number of ether oxygens (including phenoxy) is 1. The van der Waals surface area contributed by atoms with Crippen molar-refractivity contribution < 1.29 is 9.53 Å². The average Bonchev–Trinajstić information content (AvgIpc) is 3.18. The Hall–Kier alpha value is -3.12. The topological polar surface area (TPSA) is 59.4 Å². The molecule has 2 heterocycles. The van der Waals surface area contributed by atoms with Crippen LogP contribution in [0.25, 0.3) is 11.4 Å². The molecule has 1 aliphatic rings. The molecular weight excluding hydrogens is 364 g/mol. The van der Waals surface area contributed by atoms with Crippen molar-refractivity contribution in [3.8, 4) is 11.4 Å². The van der Waals surface area contributed by atoms with Crippen LogP contribution in [0.2, 0.25) is 0 Å². The molecule has 0 aliphatic carbocycles. The van der Waals surface area contributed by atoms with Crippen molar-refractivity contribution in [3.63, 3.8) is 0 Å². The number of nitrogens with zero attached hydrogens (tertiary/aromatic N) is 3. The van der Waals surface area contributed by atoms with Gasteiger partial charge in [-0.15, -0.1) is 0 Å². The molecule has 2 aromatic carbocycles. The summed E-state index contributed by atoms with van der Waals surface area (Å²) >= 11 is 0. The fraction of sp³-hybridized carbons (Fsp3) is 0.304. The van der Waals surface area contributed by atoms with Crippen molar-refractivity contribution in [2.75, 3.05) is 31.1 Å². The van der Waals surface area contributed by atoms with Gasteiger partial charge < -0.3 is 19.5 Å². The highest BCUT2D eigenvalue weighted by Gasteiger charge is 2.25. The number of benzene rings is 2. The molecule has 0 saturated carbocycles. The van der Waals surface area contributed by atoms with E-state index in [-0.39, 0.29) is 5.91 Å². The number of rotatable bonds is 7. The summed E-state index contributed by atoms with van der Waals surface area (Å²) in [7, 11) is 0. The van der Waals surface area contributed by atoms with Crippen molar-refractivity contribution >= 4 is 11.6 Å². The minimum atomic E-state index is -0.148. The second-order valence-corrected chi connectivity index (χ2v) is 6.97. The number of fused-ring (bicyclic) bond motifs is 1. The van der Waals surface area contributed by atoms with Crippen LogP contribution >= 0.6 is 0 Å². The van der Waals surface area contributed by atoms with Crippen molar-refractivity contribution in [1.82, 2.24) is 14.9 Å². The number of anilines is 1. The second-order valence-electron chi connectivity index (χ2n) is 6.97. The minimum Gasteiger partial charge on any atom is -0.373 e. The average molecular weight is 390 g/mol. The fourth-order valence-electron chi connectivity index (χ4n) is 3.68. The third-order valence-electron chi connectivity index (χ3n) is 5.19. The maximum absolute atomic E-state index is 12.9.